The molecule has 0 fully saturated rings. The largest absolute Gasteiger partial charge is 0.388 e. The number of tetrazole rings is 1. The standard InChI is InChI=1S/C7H14N6S/c1-3-5(4-6(8)9)14-7-10-11-12-13(7)2/h5H,3-4H2,1-2H3,(H3,8,9). The summed E-state index contributed by atoms with van der Waals surface area (Å²) >= 11 is 1.56. The van der Waals surface area contributed by atoms with Gasteiger partial charge in [0, 0.05) is 18.7 Å². The zero-order valence-electron chi connectivity index (χ0n) is 8.27. The maximum Gasteiger partial charge on any atom is 0.209 e. The molecule has 78 valence electrons. The van der Waals surface area contributed by atoms with Crippen LogP contribution >= 0.6 is 11.8 Å². The highest BCUT2D eigenvalue weighted by Gasteiger charge is 2.13. The molecule has 1 rings (SSSR count). The third kappa shape index (κ3) is 2.99. The lowest BCUT2D eigenvalue weighted by atomic mass is 10.2. The number of hydrogen-bond acceptors (Lipinski definition) is 5. The van der Waals surface area contributed by atoms with E-state index < -0.39 is 0 Å². The topological polar surface area (TPSA) is 93.5 Å². The van der Waals surface area contributed by atoms with E-state index in [-0.39, 0.29) is 11.1 Å². The fourth-order valence-corrected chi connectivity index (χ4v) is 1.99. The summed E-state index contributed by atoms with van der Waals surface area (Å²) in [6, 6.07) is 0. The van der Waals surface area contributed by atoms with Crippen LogP contribution < -0.4 is 5.73 Å². The molecule has 7 heteroatoms. The van der Waals surface area contributed by atoms with E-state index in [1.165, 1.54) is 0 Å². The van der Waals surface area contributed by atoms with Crippen molar-refractivity contribution in [2.75, 3.05) is 0 Å². The molecule has 0 amide bonds. The first-order valence-electron chi connectivity index (χ1n) is 4.35. The zero-order chi connectivity index (χ0) is 10.6. The molecule has 0 aliphatic heterocycles. The van der Waals surface area contributed by atoms with Gasteiger partial charge in [0.15, 0.2) is 0 Å². The lowest BCUT2D eigenvalue weighted by Crippen LogP contribution is -2.17. The monoisotopic (exact) mass is 214 g/mol. The molecule has 1 atom stereocenters. The molecular weight excluding hydrogens is 200 g/mol. The van der Waals surface area contributed by atoms with Gasteiger partial charge in [-0.05, 0) is 16.8 Å². The SMILES string of the molecule is CCC(CC(=N)N)Sc1nnnn1C. The molecule has 0 aliphatic carbocycles. The third-order valence-electron chi connectivity index (χ3n) is 1.76. The number of rotatable bonds is 5. The van der Waals surface area contributed by atoms with E-state index in [0.717, 1.165) is 11.6 Å². The van der Waals surface area contributed by atoms with Crippen molar-refractivity contribution in [3.05, 3.63) is 0 Å². The van der Waals surface area contributed by atoms with Crippen LogP contribution in [0, 0.1) is 5.41 Å². The highest BCUT2D eigenvalue weighted by molar-refractivity contribution is 7.99. The first-order valence-corrected chi connectivity index (χ1v) is 5.23. The van der Waals surface area contributed by atoms with Gasteiger partial charge in [0.25, 0.3) is 0 Å². The summed E-state index contributed by atoms with van der Waals surface area (Å²) in [5, 5.41) is 19.4. The fraction of sp³-hybridized carbons (Fsp3) is 0.714. The summed E-state index contributed by atoms with van der Waals surface area (Å²) in [5.41, 5.74) is 5.35. The lowest BCUT2D eigenvalue weighted by molar-refractivity contribution is 0.662. The summed E-state index contributed by atoms with van der Waals surface area (Å²) < 4.78 is 1.62. The van der Waals surface area contributed by atoms with E-state index in [2.05, 4.69) is 22.4 Å². The number of amidine groups is 1. The highest BCUT2D eigenvalue weighted by atomic mass is 32.2. The van der Waals surface area contributed by atoms with Crippen LogP contribution in [0.15, 0.2) is 5.16 Å². The molecular formula is C7H14N6S. The summed E-state index contributed by atoms with van der Waals surface area (Å²) in [7, 11) is 1.79. The average Bonchev–Trinajstić information content (AvgIpc) is 2.50. The molecule has 1 unspecified atom stereocenters. The number of aryl methyl sites for hydroxylation is 1. The maximum absolute atomic E-state index is 7.22. The number of nitrogens with zero attached hydrogens (tertiary/aromatic N) is 4. The van der Waals surface area contributed by atoms with Gasteiger partial charge in [-0.25, -0.2) is 4.68 Å². The number of nitrogens with one attached hydrogen (secondary N) is 1. The van der Waals surface area contributed by atoms with Crippen molar-refractivity contribution in [2.24, 2.45) is 12.8 Å². The summed E-state index contributed by atoms with van der Waals surface area (Å²) in [6.07, 6.45) is 1.52. The van der Waals surface area contributed by atoms with Crippen molar-refractivity contribution in [3.8, 4) is 0 Å². The van der Waals surface area contributed by atoms with Gasteiger partial charge in [0.05, 0.1) is 5.84 Å². The molecule has 1 heterocycles. The van der Waals surface area contributed by atoms with Crippen LogP contribution in [-0.4, -0.2) is 31.3 Å². The molecule has 6 nitrogen and oxygen atoms in total. The molecule has 0 saturated carbocycles. The summed E-state index contributed by atoms with van der Waals surface area (Å²) in [5.74, 6) is 0.208. The van der Waals surface area contributed by atoms with Gasteiger partial charge in [-0.1, -0.05) is 18.7 Å². The number of aromatic nitrogens is 4. The highest BCUT2D eigenvalue weighted by Crippen LogP contribution is 2.24. The maximum atomic E-state index is 7.22. The Labute approximate surface area is 86.8 Å². The Morgan fingerprint density at radius 2 is 2.43 bits per heavy atom. The van der Waals surface area contributed by atoms with Crippen molar-refractivity contribution in [2.45, 2.75) is 30.2 Å². The molecule has 14 heavy (non-hydrogen) atoms. The molecule has 0 radical (unpaired) electrons. The molecule has 0 saturated heterocycles. The second kappa shape index (κ2) is 4.94. The van der Waals surface area contributed by atoms with Crippen molar-refractivity contribution in [1.29, 1.82) is 5.41 Å². The molecule has 1 aromatic rings. The smallest absolute Gasteiger partial charge is 0.209 e. The van der Waals surface area contributed by atoms with Crippen LogP contribution in [0.1, 0.15) is 19.8 Å². The van der Waals surface area contributed by atoms with Crippen LogP contribution in [0.3, 0.4) is 0 Å². The van der Waals surface area contributed by atoms with Crippen molar-refractivity contribution < 1.29 is 0 Å². The third-order valence-corrected chi connectivity index (χ3v) is 3.15. The Morgan fingerprint density at radius 3 is 2.86 bits per heavy atom. The second-order valence-corrected chi connectivity index (χ2v) is 4.23. The molecule has 0 aliphatic rings. The van der Waals surface area contributed by atoms with E-state index in [9.17, 15) is 0 Å². The average molecular weight is 214 g/mol. The van der Waals surface area contributed by atoms with Crippen LogP contribution in [0.25, 0.3) is 0 Å². The minimum absolute atomic E-state index is 0.208. The first kappa shape index (κ1) is 11.0. The van der Waals surface area contributed by atoms with Crippen LogP contribution in [0.5, 0.6) is 0 Å². The molecule has 1 aromatic heterocycles. The second-order valence-electron chi connectivity index (χ2n) is 2.96. The Balaban J connectivity index is 2.57. The summed E-state index contributed by atoms with van der Waals surface area (Å²) in [6.45, 7) is 2.06. The van der Waals surface area contributed by atoms with Crippen LogP contribution in [0.4, 0.5) is 0 Å². The van der Waals surface area contributed by atoms with Gasteiger partial charge >= 0.3 is 0 Å². The first-order chi connectivity index (χ1) is 6.63. The molecule has 0 aromatic carbocycles. The Hall–Kier alpha value is -1.11. The fourth-order valence-electron chi connectivity index (χ4n) is 0.985. The Kier molecular flexibility index (Phi) is 3.87. The number of thioether (sulfide) groups is 1. The van der Waals surface area contributed by atoms with Gasteiger partial charge in [0.1, 0.15) is 0 Å². The predicted molar refractivity (Wildman–Crippen MR) is 55.3 cm³/mol. The normalized spacial score (nSPS) is 12.7. The number of nitrogens with two attached hydrogens (primary N) is 1. The van der Waals surface area contributed by atoms with E-state index >= 15 is 0 Å². The summed E-state index contributed by atoms with van der Waals surface area (Å²) in [4.78, 5) is 0. The quantitative estimate of drug-likeness (QED) is 0.420. The minimum Gasteiger partial charge on any atom is -0.388 e. The Morgan fingerprint density at radius 1 is 1.71 bits per heavy atom. The van der Waals surface area contributed by atoms with Gasteiger partial charge < -0.3 is 5.73 Å². The van der Waals surface area contributed by atoms with E-state index in [4.69, 9.17) is 11.1 Å². The van der Waals surface area contributed by atoms with E-state index in [0.29, 0.717) is 6.42 Å². The molecule has 0 spiro atoms. The van der Waals surface area contributed by atoms with E-state index in [1.54, 1.807) is 23.5 Å². The van der Waals surface area contributed by atoms with Crippen molar-refractivity contribution in [1.82, 2.24) is 20.2 Å². The molecule has 0 bridgehead atoms. The minimum atomic E-state index is 0.208. The van der Waals surface area contributed by atoms with Gasteiger partial charge in [-0.15, -0.1) is 5.10 Å². The number of hydrogen-bond donors (Lipinski definition) is 2. The zero-order valence-corrected chi connectivity index (χ0v) is 9.08. The van der Waals surface area contributed by atoms with Gasteiger partial charge in [0.2, 0.25) is 5.16 Å². The lowest BCUT2D eigenvalue weighted by Gasteiger charge is -2.11. The van der Waals surface area contributed by atoms with Crippen molar-refractivity contribution in [3.63, 3.8) is 0 Å². The van der Waals surface area contributed by atoms with Gasteiger partial charge in [-0.3, -0.25) is 5.41 Å². The van der Waals surface area contributed by atoms with Crippen LogP contribution in [-0.2, 0) is 7.05 Å². The Bertz CT molecular complexity index is 309. The molecule has 3 N–H and O–H groups in total. The van der Waals surface area contributed by atoms with Gasteiger partial charge in [-0.2, -0.15) is 0 Å². The predicted octanol–water partition coefficient (Wildman–Crippen LogP) is 0.407. The van der Waals surface area contributed by atoms with Crippen LogP contribution in [0.2, 0.25) is 0 Å². The van der Waals surface area contributed by atoms with E-state index in [1.807, 2.05) is 0 Å². The van der Waals surface area contributed by atoms with Crippen molar-refractivity contribution >= 4 is 17.6 Å².